The van der Waals surface area contributed by atoms with Crippen molar-refractivity contribution in [3.05, 3.63) is 0 Å². The lowest BCUT2D eigenvalue weighted by atomic mass is 9.94. The minimum absolute atomic E-state index is 0.139. The first-order valence-electron chi connectivity index (χ1n) is 13.4. The van der Waals surface area contributed by atoms with Crippen molar-refractivity contribution in [3.8, 4) is 0 Å². The molecule has 5 rings (SSSR count). The second-order valence-electron chi connectivity index (χ2n) is 11.0. The Bertz CT molecular complexity index is 917. The number of piperazine rings is 1. The number of nitrogens with two attached hydrogens (primary N) is 1. The van der Waals surface area contributed by atoms with E-state index in [0.717, 1.165) is 13.1 Å². The molecule has 0 aromatic carbocycles. The van der Waals surface area contributed by atoms with Gasteiger partial charge in [-0.2, -0.15) is 4.31 Å². The summed E-state index contributed by atoms with van der Waals surface area (Å²) in [6.07, 6.45) is -2.14. The quantitative estimate of drug-likeness (QED) is 0.239. The maximum absolute atomic E-state index is 15.3. The fraction of sp³-hybridized carbons (Fsp3) is 0.955. The number of halogens is 2. The molecule has 1 amide bonds. The van der Waals surface area contributed by atoms with Crippen molar-refractivity contribution in [2.75, 3.05) is 72.5 Å². The van der Waals surface area contributed by atoms with Gasteiger partial charge < -0.3 is 21.3 Å². The van der Waals surface area contributed by atoms with Crippen molar-refractivity contribution < 1.29 is 22.0 Å². The molecule has 5 saturated heterocycles. The third-order valence-electron chi connectivity index (χ3n) is 8.58. The molecule has 0 saturated carbocycles. The minimum atomic E-state index is -3.40. The number of rotatable bonds is 5. The predicted octanol–water partition coefficient (Wildman–Crippen LogP) is -3.19. The zero-order valence-electron chi connectivity index (χ0n) is 21.4. The van der Waals surface area contributed by atoms with E-state index in [-0.39, 0.29) is 30.8 Å². The molecule has 0 aromatic rings. The number of hydrazine groups is 1. The first-order chi connectivity index (χ1) is 17.6. The Morgan fingerprint density at radius 3 is 2.43 bits per heavy atom. The number of sulfonamides is 1. The molecule has 7 unspecified atom stereocenters. The molecule has 0 bridgehead atoms. The van der Waals surface area contributed by atoms with Gasteiger partial charge in [-0.3, -0.25) is 15.0 Å². The number of carbonyl (C=O) groups is 1. The van der Waals surface area contributed by atoms with Crippen molar-refractivity contribution in [1.29, 1.82) is 0 Å². The summed E-state index contributed by atoms with van der Waals surface area (Å²) in [5.74, 6) is -0.976. The number of nitrogens with one attached hydrogen (secondary N) is 4. The number of piperidine rings is 2. The van der Waals surface area contributed by atoms with Gasteiger partial charge in [0.2, 0.25) is 15.9 Å². The maximum Gasteiger partial charge on any atom is 0.229 e. The molecular weight excluding hydrogens is 508 g/mol. The van der Waals surface area contributed by atoms with Gasteiger partial charge in [0, 0.05) is 52.4 Å². The summed E-state index contributed by atoms with van der Waals surface area (Å²) in [7, 11) is -1.40. The summed E-state index contributed by atoms with van der Waals surface area (Å²) in [6, 6.07) is -1.08. The van der Waals surface area contributed by atoms with Crippen LogP contribution in [0.3, 0.4) is 0 Å². The highest BCUT2D eigenvalue weighted by atomic mass is 32.2. The molecule has 5 heterocycles. The van der Waals surface area contributed by atoms with E-state index in [1.165, 1.54) is 0 Å². The second-order valence-corrected chi connectivity index (χ2v) is 13.3. The lowest BCUT2D eigenvalue weighted by molar-refractivity contribution is -0.128. The van der Waals surface area contributed by atoms with E-state index in [2.05, 4.69) is 26.3 Å². The number of amides is 1. The third-order valence-corrected chi connectivity index (χ3v) is 11.0. The number of hydrogen-bond acceptors (Lipinski definition) is 10. The number of carbonyl (C=O) groups excluding carboxylic acids is 1. The molecule has 15 heteroatoms. The third kappa shape index (κ3) is 5.65. The lowest BCUT2D eigenvalue weighted by Gasteiger charge is -2.46. The highest BCUT2D eigenvalue weighted by Crippen LogP contribution is 2.26. The smallest absolute Gasteiger partial charge is 0.229 e. The highest BCUT2D eigenvalue weighted by Gasteiger charge is 2.49. The first kappa shape index (κ1) is 27.5. The van der Waals surface area contributed by atoms with E-state index in [9.17, 15) is 17.6 Å². The van der Waals surface area contributed by atoms with Crippen LogP contribution in [-0.2, 0) is 14.8 Å². The zero-order valence-corrected chi connectivity index (χ0v) is 22.2. The Morgan fingerprint density at radius 2 is 1.73 bits per heavy atom. The van der Waals surface area contributed by atoms with Crippen LogP contribution < -0.4 is 27.1 Å². The van der Waals surface area contributed by atoms with Crippen LogP contribution in [-0.4, -0.2) is 148 Å². The Hall–Kier alpha value is -1.04. The predicted molar refractivity (Wildman–Crippen MR) is 134 cm³/mol. The molecule has 5 fully saturated rings. The van der Waals surface area contributed by atoms with Crippen LogP contribution in [0.25, 0.3) is 0 Å². The second kappa shape index (κ2) is 11.2. The molecule has 0 aromatic heterocycles. The van der Waals surface area contributed by atoms with E-state index in [0.29, 0.717) is 45.6 Å². The van der Waals surface area contributed by atoms with Gasteiger partial charge in [-0.05, 0) is 33.0 Å². The fourth-order valence-electron chi connectivity index (χ4n) is 6.50. The van der Waals surface area contributed by atoms with Gasteiger partial charge in [-0.15, -0.1) is 0 Å². The van der Waals surface area contributed by atoms with Crippen molar-refractivity contribution in [2.24, 2.45) is 11.7 Å². The summed E-state index contributed by atoms with van der Waals surface area (Å²) >= 11 is 0. The number of nitrogens with zero attached hydrogens (tertiary/aromatic N) is 4. The molecule has 0 radical (unpaired) electrons. The molecule has 212 valence electrons. The molecule has 0 spiro atoms. The van der Waals surface area contributed by atoms with Crippen molar-refractivity contribution >= 4 is 15.9 Å². The Morgan fingerprint density at radius 1 is 1.03 bits per heavy atom. The van der Waals surface area contributed by atoms with Crippen LogP contribution in [0.2, 0.25) is 0 Å². The van der Waals surface area contributed by atoms with Crippen LogP contribution in [0.4, 0.5) is 8.78 Å². The molecule has 0 aliphatic carbocycles. The summed E-state index contributed by atoms with van der Waals surface area (Å²) in [5.41, 5.74) is 9.15. The van der Waals surface area contributed by atoms with E-state index < -0.39 is 52.7 Å². The molecule has 7 atom stereocenters. The Kier molecular flexibility index (Phi) is 8.34. The zero-order chi connectivity index (χ0) is 26.3. The van der Waals surface area contributed by atoms with Gasteiger partial charge in [-0.25, -0.2) is 27.6 Å². The SMILES string of the molecule is CN1CCC(S(=O)(=O)N2CCN(C3C(F)CNCC3NC(=O)C3C(N)NN4CC(F)CNC34)CC2)CC1. The van der Waals surface area contributed by atoms with Gasteiger partial charge in [-0.1, -0.05) is 0 Å². The number of likely N-dealkylation sites (tertiary alicyclic amines) is 1. The maximum atomic E-state index is 15.3. The van der Waals surface area contributed by atoms with E-state index in [1.807, 2.05) is 11.9 Å². The van der Waals surface area contributed by atoms with Gasteiger partial charge in [0.1, 0.15) is 12.3 Å². The summed E-state index contributed by atoms with van der Waals surface area (Å²) < 4.78 is 57.0. The normalized spacial score (nSPS) is 39.9. The molecule has 12 nitrogen and oxygen atoms in total. The van der Waals surface area contributed by atoms with E-state index in [1.54, 1.807) is 9.31 Å². The topological polar surface area (TPSA) is 138 Å². The largest absolute Gasteiger partial charge is 0.350 e. The number of alkyl halides is 2. The lowest BCUT2D eigenvalue weighted by Crippen LogP contribution is -2.68. The van der Waals surface area contributed by atoms with Crippen LogP contribution in [0.5, 0.6) is 0 Å². The summed E-state index contributed by atoms with van der Waals surface area (Å²) in [4.78, 5) is 17.4. The van der Waals surface area contributed by atoms with Gasteiger partial charge in [0.15, 0.2) is 0 Å². The summed E-state index contributed by atoms with van der Waals surface area (Å²) in [6.45, 7) is 3.83. The monoisotopic (exact) mass is 549 g/mol. The summed E-state index contributed by atoms with van der Waals surface area (Å²) in [5, 5.41) is 10.4. The van der Waals surface area contributed by atoms with Crippen molar-refractivity contribution in [2.45, 2.75) is 54.9 Å². The molecule has 37 heavy (non-hydrogen) atoms. The van der Waals surface area contributed by atoms with Crippen LogP contribution in [0.15, 0.2) is 0 Å². The van der Waals surface area contributed by atoms with Crippen LogP contribution in [0.1, 0.15) is 12.8 Å². The van der Waals surface area contributed by atoms with E-state index >= 15 is 4.39 Å². The first-order valence-corrected chi connectivity index (χ1v) is 14.9. The fourth-order valence-corrected chi connectivity index (χ4v) is 8.40. The average Bonchev–Trinajstić information content (AvgIpc) is 3.19. The number of fused-ring (bicyclic) bond motifs is 1. The van der Waals surface area contributed by atoms with Gasteiger partial charge in [0.25, 0.3) is 0 Å². The molecular formula is C22H41F2N9O3S. The number of hydrogen-bond donors (Lipinski definition) is 5. The van der Waals surface area contributed by atoms with Crippen molar-refractivity contribution in [1.82, 2.24) is 40.5 Å². The highest BCUT2D eigenvalue weighted by molar-refractivity contribution is 7.89. The standard InChI is InChI=1S/C22H41F2N9O3S/c1-30-4-2-15(3-5-30)37(35,36)32-8-6-31(7-9-32)19-16(24)11-26-12-17(19)28-22(34)18-20(25)29-33-13-14(23)10-27-21(18)33/h14-21,26-27,29H,2-13,25H2,1H3,(H,28,34). The van der Waals surface area contributed by atoms with Crippen LogP contribution >= 0.6 is 0 Å². The Balaban J connectivity index is 1.21. The molecule has 6 N–H and O–H groups in total. The van der Waals surface area contributed by atoms with Crippen LogP contribution in [0, 0.1) is 5.92 Å². The molecule has 5 aliphatic rings. The van der Waals surface area contributed by atoms with Crippen molar-refractivity contribution in [3.63, 3.8) is 0 Å². The van der Waals surface area contributed by atoms with E-state index in [4.69, 9.17) is 5.73 Å². The molecule has 5 aliphatic heterocycles. The Labute approximate surface area is 217 Å². The van der Waals surface area contributed by atoms with Gasteiger partial charge in [0.05, 0.1) is 35.6 Å². The average molecular weight is 550 g/mol. The minimum Gasteiger partial charge on any atom is -0.350 e. The van der Waals surface area contributed by atoms with Gasteiger partial charge >= 0.3 is 0 Å².